The van der Waals surface area contributed by atoms with Crippen molar-refractivity contribution in [3.63, 3.8) is 0 Å². The standard InChI is InChI=1S/C16H21NO4/c1-4-5-13(16(19)20)17-15(18)9-7-12-10-11(2)6-8-14(12)21-3/h6-10,13H,4-5H2,1-3H3,(H,17,18)(H,19,20)/b9-7+/t13-/m0/s1. The normalized spacial score (nSPS) is 12.1. The number of carboxylic acid groups (broad SMARTS) is 1. The number of ether oxygens (including phenoxy) is 1. The molecule has 5 nitrogen and oxygen atoms in total. The second-order valence-electron chi connectivity index (χ2n) is 4.77. The highest BCUT2D eigenvalue weighted by molar-refractivity contribution is 5.94. The summed E-state index contributed by atoms with van der Waals surface area (Å²) in [5.41, 5.74) is 1.82. The first-order chi connectivity index (χ1) is 9.97. The van der Waals surface area contributed by atoms with Gasteiger partial charge in [-0.25, -0.2) is 4.79 Å². The zero-order valence-electron chi connectivity index (χ0n) is 12.6. The summed E-state index contributed by atoms with van der Waals surface area (Å²) in [5.74, 6) is -0.792. The molecule has 0 heterocycles. The maximum absolute atomic E-state index is 11.8. The second kappa shape index (κ2) is 8.09. The summed E-state index contributed by atoms with van der Waals surface area (Å²) in [6.07, 6.45) is 4.03. The third-order valence-electron chi connectivity index (χ3n) is 2.99. The maximum Gasteiger partial charge on any atom is 0.326 e. The third-order valence-corrected chi connectivity index (χ3v) is 2.99. The molecular weight excluding hydrogens is 270 g/mol. The summed E-state index contributed by atoms with van der Waals surface area (Å²) < 4.78 is 5.21. The first-order valence-electron chi connectivity index (χ1n) is 6.84. The van der Waals surface area contributed by atoms with Crippen molar-refractivity contribution in [3.05, 3.63) is 35.4 Å². The largest absolute Gasteiger partial charge is 0.496 e. The zero-order valence-corrected chi connectivity index (χ0v) is 12.6. The number of hydrogen-bond donors (Lipinski definition) is 2. The minimum Gasteiger partial charge on any atom is -0.496 e. The number of methoxy groups -OCH3 is 1. The van der Waals surface area contributed by atoms with Crippen LogP contribution < -0.4 is 10.1 Å². The molecular formula is C16H21NO4. The molecule has 0 spiro atoms. The zero-order chi connectivity index (χ0) is 15.8. The second-order valence-corrected chi connectivity index (χ2v) is 4.77. The van der Waals surface area contributed by atoms with Crippen LogP contribution in [0.4, 0.5) is 0 Å². The Hall–Kier alpha value is -2.30. The van der Waals surface area contributed by atoms with Crippen LogP contribution in [-0.4, -0.2) is 30.1 Å². The molecule has 0 unspecified atom stereocenters. The van der Waals surface area contributed by atoms with Crippen molar-refractivity contribution in [1.29, 1.82) is 0 Å². The van der Waals surface area contributed by atoms with Gasteiger partial charge in [0.05, 0.1) is 7.11 Å². The van der Waals surface area contributed by atoms with E-state index >= 15 is 0 Å². The monoisotopic (exact) mass is 291 g/mol. The Kier molecular flexibility index (Phi) is 6.46. The van der Waals surface area contributed by atoms with Gasteiger partial charge in [0.15, 0.2) is 0 Å². The smallest absolute Gasteiger partial charge is 0.326 e. The topological polar surface area (TPSA) is 75.6 Å². The number of benzene rings is 1. The van der Waals surface area contributed by atoms with Crippen molar-refractivity contribution >= 4 is 18.0 Å². The Labute approximate surface area is 124 Å². The molecule has 0 aromatic heterocycles. The number of nitrogens with one attached hydrogen (secondary N) is 1. The highest BCUT2D eigenvalue weighted by Gasteiger charge is 2.17. The molecule has 1 atom stereocenters. The Morgan fingerprint density at radius 1 is 1.43 bits per heavy atom. The van der Waals surface area contributed by atoms with Crippen LogP contribution in [0.15, 0.2) is 24.3 Å². The van der Waals surface area contributed by atoms with Crippen LogP contribution in [0.1, 0.15) is 30.9 Å². The molecule has 0 aliphatic carbocycles. The first-order valence-corrected chi connectivity index (χ1v) is 6.84. The number of amides is 1. The molecule has 0 radical (unpaired) electrons. The van der Waals surface area contributed by atoms with Gasteiger partial charge in [-0.3, -0.25) is 4.79 Å². The lowest BCUT2D eigenvalue weighted by Gasteiger charge is -2.11. The van der Waals surface area contributed by atoms with Crippen LogP contribution in [0.3, 0.4) is 0 Å². The van der Waals surface area contributed by atoms with E-state index in [1.54, 1.807) is 13.2 Å². The summed E-state index contributed by atoms with van der Waals surface area (Å²) in [4.78, 5) is 22.8. The fourth-order valence-corrected chi connectivity index (χ4v) is 1.92. The summed E-state index contributed by atoms with van der Waals surface area (Å²) in [6.45, 7) is 3.81. The summed E-state index contributed by atoms with van der Waals surface area (Å²) >= 11 is 0. The van der Waals surface area contributed by atoms with Crippen molar-refractivity contribution in [2.24, 2.45) is 0 Å². The van der Waals surface area contributed by atoms with E-state index in [0.29, 0.717) is 18.6 Å². The van der Waals surface area contributed by atoms with E-state index in [-0.39, 0.29) is 0 Å². The summed E-state index contributed by atoms with van der Waals surface area (Å²) in [7, 11) is 1.56. The molecule has 5 heteroatoms. The minimum atomic E-state index is -1.02. The third kappa shape index (κ3) is 5.30. The van der Waals surface area contributed by atoms with Gasteiger partial charge in [0.25, 0.3) is 0 Å². The molecule has 1 aromatic carbocycles. The Morgan fingerprint density at radius 3 is 2.71 bits per heavy atom. The van der Waals surface area contributed by atoms with Gasteiger partial charge >= 0.3 is 5.97 Å². The minimum absolute atomic E-state index is 0.405. The fourth-order valence-electron chi connectivity index (χ4n) is 1.92. The molecule has 0 aliphatic heterocycles. The molecule has 2 N–H and O–H groups in total. The van der Waals surface area contributed by atoms with Crippen molar-refractivity contribution in [2.45, 2.75) is 32.7 Å². The average Bonchev–Trinajstić information content (AvgIpc) is 2.44. The predicted octanol–water partition coefficient (Wildman–Crippen LogP) is 2.39. The molecule has 114 valence electrons. The number of carboxylic acids is 1. The van der Waals surface area contributed by atoms with Gasteiger partial charge < -0.3 is 15.2 Å². The van der Waals surface area contributed by atoms with Crippen molar-refractivity contribution in [3.8, 4) is 5.75 Å². The van der Waals surface area contributed by atoms with Crippen LogP contribution in [0.5, 0.6) is 5.75 Å². The first kappa shape index (κ1) is 16.8. The number of rotatable bonds is 7. The highest BCUT2D eigenvalue weighted by atomic mass is 16.5. The van der Waals surface area contributed by atoms with Crippen LogP contribution >= 0.6 is 0 Å². The van der Waals surface area contributed by atoms with E-state index in [1.807, 2.05) is 32.0 Å². The SMILES string of the molecule is CCC[C@H](NC(=O)/C=C/c1cc(C)ccc1OC)C(=O)O. The molecule has 0 aliphatic rings. The van der Waals surface area contributed by atoms with Gasteiger partial charge in [0.2, 0.25) is 5.91 Å². The summed E-state index contributed by atoms with van der Waals surface area (Å²) in [5, 5.41) is 11.5. The average molecular weight is 291 g/mol. The maximum atomic E-state index is 11.8. The van der Waals surface area contributed by atoms with Crippen LogP contribution in [0.25, 0.3) is 6.08 Å². The Balaban J connectivity index is 2.78. The highest BCUT2D eigenvalue weighted by Crippen LogP contribution is 2.20. The van der Waals surface area contributed by atoms with E-state index in [9.17, 15) is 9.59 Å². The van der Waals surface area contributed by atoms with Gasteiger partial charge in [-0.15, -0.1) is 0 Å². The molecule has 21 heavy (non-hydrogen) atoms. The molecule has 0 saturated carbocycles. The van der Waals surface area contributed by atoms with Gasteiger partial charge in [0.1, 0.15) is 11.8 Å². The van der Waals surface area contributed by atoms with Gasteiger partial charge in [0, 0.05) is 11.6 Å². The van der Waals surface area contributed by atoms with Crippen LogP contribution in [0, 0.1) is 6.92 Å². The molecule has 0 saturated heterocycles. The van der Waals surface area contributed by atoms with Gasteiger partial charge in [-0.1, -0.05) is 25.0 Å². The fraction of sp³-hybridized carbons (Fsp3) is 0.375. The number of aryl methyl sites for hydroxylation is 1. The Bertz CT molecular complexity index is 537. The lowest BCUT2D eigenvalue weighted by Crippen LogP contribution is -2.39. The molecule has 1 amide bonds. The van der Waals surface area contributed by atoms with Crippen molar-refractivity contribution in [2.75, 3.05) is 7.11 Å². The quantitative estimate of drug-likeness (QED) is 0.756. The lowest BCUT2D eigenvalue weighted by atomic mass is 10.1. The lowest BCUT2D eigenvalue weighted by molar-refractivity contribution is -0.141. The predicted molar refractivity (Wildman–Crippen MR) is 81.2 cm³/mol. The van der Waals surface area contributed by atoms with Gasteiger partial charge in [-0.2, -0.15) is 0 Å². The van der Waals surface area contributed by atoms with Crippen LogP contribution in [0.2, 0.25) is 0 Å². The van der Waals surface area contributed by atoms with Gasteiger partial charge in [-0.05, 0) is 31.6 Å². The van der Waals surface area contributed by atoms with E-state index in [1.165, 1.54) is 6.08 Å². The molecule has 1 rings (SSSR count). The number of carbonyl (C=O) groups excluding carboxylic acids is 1. The van der Waals surface area contributed by atoms with E-state index in [0.717, 1.165) is 11.1 Å². The molecule has 1 aromatic rings. The number of aliphatic carboxylic acids is 1. The van der Waals surface area contributed by atoms with E-state index < -0.39 is 17.9 Å². The van der Waals surface area contributed by atoms with Crippen molar-refractivity contribution in [1.82, 2.24) is 5.32 Å². The number of carbonyl (C=O) groups is 2. The Morgan fingerprint density at radius 2 is 2.14 bits per heavy atom. The van der Waals surface area contributed by atoms with Crippen molar-refractivity contribution < 1.29 is 19.4 Å². The number of hydrogen-bond acceptors (Lipinski definition) is 3. The molecule has 0 bridgehead atoms. The van der Waals surface area contributed by atoms with E-state index in [4.69, 9.17) is 9.84 Å². The van der Waals surface area contributed by atoms with E-state index in [2.05, 4.69) is 5.32 Å². The molecule has 0 fully saturated rings. The van der Waals surface area contributed by atoms with Crippen LogP contribution in [-0.2, 0) is 9.59 Å². The summed E-state index contributed by atoms with van der Waals surface area (Å²) in [6, 6.07) is 4.78.